The number of esters is 2. The molecule has 0 N–H and O–H groups in total. The first-order chi connectivity index (χ1) is 7.09. The quantitative estimate of drug-likeness (QED) is 0.561. The number of carbonyl (C=O) groups is 2. The van der Waals surface area contributed by atoms with Crippen molar-refractivity contribution in [3.05, 3.63) is 35.9 Å². The van der Waals surface area contributed by atoms with E-state index < -0.39 is 11.9 Å². The van der Waals surface area contributed by atoms with Crippen LogP contribution in [-0.2, 0) is 20.7 Å². The average Bonchev–Trinajstić information content (AvgIpc) is 2.18. The smallest absolute Gasteiger partial charge is 0.317 e. The van der Waals surface area contributed by atoms with Gasteiger partial charge in [0.15, 0.2) is 0 Å². The van der Waals surface area contributed by atoms with Crippen LogP contribution in [0, 0.1) is 5.92 Å². The molecule has 0 fully saturated rings. The minimum Gasteiger partial charge on any atom is -0.393 e. The van der Waals surface area contributed by atoms with Gasteiger partial charge in [-0.2, -0.15) is 0 Å². The number of rotatable bonds is 3. The van der Waals surface area contributed by atoms with Gasteiger partial charge in [0.05, 0.1) is 12.3 Å². The molecular weight excluding hydrogens is 192 g/mol. The van der Waals surface area contributed by atoms with Crippen LogP contribution in [0.3, 0.4) is 0 Å². The predicted octanol–water partition coefficient (Wildman–Crippen LogP) is 1.95. The Hall–Kier alpha value is -1.64. The minimum absolute atomic E-state index is 0.138. The van der Waals surface area contributed by atoms with Gasteiger partial charge < -0.3 is 4.74 Å². The number of carbonyl (C=O) groups excluding carboxylic acids is 2. The van der Waals surface area contributed by atoms with E-state index in [9.17, 15) is 9.59 Å². The normalized spacial score (nSPS) is 10.1. The van der Waals surface area contributed by atoms with Crippen molar-refractivity contribution in [1.82, 2.24) is 0 Å². The van der Waals surface area contributed by atoms with Crippen LogP contribution in [0.4, 0.5) is 0 Å². The van der Waals surface area contributed by atoms with Crippen molar-refractivity contribution < 1.29 is 14.3 Å². The Bertz CT molecular complexity index is 341. The SMILES string of the molecule is CC(C)C(=O)OC(=O)Cc1ccccc1. The van der Waals surface area contributed by atoms with Crippen LogP contribution in [-0.4, -0.2) is 11.9 Å². The first kappa shape index (κ1) is 11.4. The number of hydrogen-bond donors (Lipinski definition) is 0. The fraction of sp³-hybridized carbons (Fsp3) is 0.333. The van der Waals surface area contributed by atoms with E-state index in [4.69, 9.17) is 0 Å². The highest BCUT2D eigenvalue weighted by molar-refractivity contribution is 5.87. The maximum Gasteiger partial charge on any atom is 0.317 e. The van der Waals surface area contributed by atoms with Gasteiger partial charge in [0.2, 0.25) is 0 Å². The van der Waals surface area contributed by atoms with Crippen molar-refractivity contribution in [3.63, 3.8) is 0 Å². The summed E-state index contributed by atoms with van der Waals surface area (Å²) in [5, 5.41) is 0. The third-order valence-electron chi connectivity index (χ3n) is 1.88. The summed E-state index contributed by atoms with van der Waals surface area (Å²) in [7, 11) is 0. The van der Waals surface area contributed by atoms with Crippen molar-refractivity contribution in [3.8, 4) is 0 Å². The third kappa shape index (κ3) is 3.94. The van der Waals surface area contributed by atoms with Gasteiger partial charge in [-0.05, 0) is 5.56 Å². The van der Waals surface area contributed by atoms with Crippen molar-refractivity contribution >= 4 is 11.9 Å². The molecule has 0 saturated carbocycles. The summed E-state index contributed by atoms with van der Waals surface area (Å²) in [6, 6.07) is 9.19. The Labute approximate surface area is 89.1 Å². The van der Waals surface area contributed by atoms with Gasteiger partial charge in [0.1, 0.15) is 0 Å². The highest BCUT2D eigenvalue weighted by atomic mass is 16.6. The first-order valence-corrected chi connectivity index (χ1v) is 4.88. The zero-order valence-electron chi connectivity index (χ0n) is 8.90. The second-order valence-electron chi connectivity index (χ2n) is 3.61. The molecule has 1 rings (SSSR count). The Morgan fingerprint density at radius 3 is 2.33 bits per heavy atom. The lowest BCUT2D eigenvalue weighted by Crippen LogP contribution is -2.18. The van der Waals surface area contributed by atoms with E-state index in [2.05, 4.69) is 4.74 Å². The average molecular weight is 206 g/mol. The number of benzene rings is 1. The highest BCUT2D eigenvalue weighted by Crippen LogP contribution is 2.03. The van der Waals surface area contributed by atoms with Crippen molar-refractivity contribution in [2.75, 3.05) is 0 Å². The summed E-state index contributed by atoms with van der Waals surface area (Å²) in [6.45, 7) is 3.39. The lowest BCUT2D eigenvalue weighted by Gasteiger charge is -2.04. The minimum atomic E-state index is -0.500. The molecule has 0 heterocycles. The molecule has 0 atom stereocenters. The Morgan fingerprint density at radius 1 is 1.20 bits per heavy atom. The van der Waals surface area contributed by atoms with E-state index in [1.807, 2.05) is 30.3 Å². The van der Waals surface area contributed by atoms with Crippen LogP contribution in [0.5, 0.6) is 0 Å². The van der Waals surface area contributed by atoms with Crippen LogP contribution < -0.4 is 0 Å². The summed E-state index contributed by atoms with van der Waals surface area (Å²) in [6.07, 6.45) is 0.138. The lowest BCUT2D eigenvalue weighted by atomic mass is 10.1. The molecule has 0 saturated heterocycles. The Morgan fingerprint density at radius 2 is 1.80 bits per heavy atom. The molecule has 0 aliphatic rings. The van der Waals surface area contributed by atoms with Crippen LogP contribution in [0.25, 0.3) is 0 Å². The van der Waals surface area contributed by atoms with E-state index in [1.54, 1.807) is 13.8 Å². The van der Waals surface area contributed by atoms with Gasteiger partial charge >= 0.3 is 11.9 Å². The third-order valence-corrected chi connectivity index (χ3v) is 1.88. The molecule has 1 aromatic rings. The second kappa shape index (κ2) is 5.29. The maximum absolute atomic E-state index is 11.3. The van der Waals surface area contributed by atoms with E-state index in [0.717, 1.165) is 5.56 Å². The molecule has 1 aromatic carbocycles. The molecule has 0 unspecified atom stereocenters. The van der Waals surface area contributed by atoms with Crippen molar-refractivity contribution in [2.24, 2.45) is 5.92 Å². The van der Waals surface area contributed by atoms with Crippen molar-refractivity contribution in [1.29, 1.82) is 0 Å². The zero-order valence-corrected chi connectivity index (χ0v) is 8.90. The van der Waals surface area contributed by atoms with E-state index >= 15 is 0 Å². The Kier molecular flexibility index (Phi) is 4.03. The van der Waals surface area contributed by atoms with Gasteiger partial charge in [-0.3, -0.25) is 9.59 Å². The highest BCUT2D eigenvalue weighted by Gasteiger charge is 2.13. The molecule has 0 spiro atoms. The fourth-order valence-electron chi connectivity index (χ4n) is 1.03. The molecule has 0 bridgehead atoms. The number of hydrogen-bond acceptors (Lipinski definition) is 3. The van der Waals surface area contributed by atoms with Crippen LogP contribution in [0.15, 0.2) is 30.3 Å². The molecule has 0 radical (unpaired) electrons. The van der Waals surface area contributed by atoms with E-state index in [0.29, 0.717) is 0 Å². The maximum atomic E-state index is 11.3. The second-order valence-corrected chi connectivity index (χ2v) is 3.61. The summed E-state index contributed by atoms with van der Waals surface area (Å²) in [5.41, 5.74) is 0.846. The van der Waals surface area contributed by atoms with E-state index in [1.165, 1.54) is 0 Å². The van der Waals surface area contributed by atoms with Crippen LogP contribution in [0.2, 0.25) is 0 Å². The summed E-state index contributed by atoms with van der Waals surface area (Å²) in [5.74, 6) is -1.25. The lowest BCUT2D eigenvalue weighted by molar-refractivity contribution is -0.161. The van der Waals surface area contributed by atoms with Crippen LogP contribution in [0.1, 0.15) is 19.4 Å². The van der Waals surface area contributed by atoms with Gasteiger partial charge in [0.25, 0.3) is 0 Å². The topological polar surface area (TPSA) is 43.4 Å². The summed E-state index contributed by atoms with van der Waals surface area (Å²) >= 11 is 0. The van der Waals surface area contributed by atoms with Gasteiger partial charge in [0, 0.05) is 0 Å². The molecule has 0 aromatic heterocycles. The Balaban J connectivity index is 2.47. The van der Waals surface area contributed by atoms with Gasteiger partial charge in [-0.1, -0.05) is 44.2 Å². The summed E-state index contributed by atoms with van der Waals surface area (Å²) < 4.78 is 4.64. The fourth-order valence-corrected chi connectivity index (χ4v) is 1.03. The molecule has 0 aliphatic heterocycles. The van der Waals surface area contributed by atoms with Gasteiger partial charge in [-0.25, -0.2) is 0 Å². The molecule has 3 nitrogen and oxygen atoms in total. The largest absolute Gasteiger partial charge is 0.393 e. The molecular formula is C12H14O3. The molecule has 15 heavy (non-hydrogen) atoms. The predicted molar refractivity (Wildman–Crippen MR) is 56.1 cm³/mol. The van der Waals surface area contributed by atoms with E-state index in [-0.39, 0.29) is 12.3 Å². The standard InChI is InChI=1S/C12H14O3/c1-9(2)12(14)15-11(13)8-10-6-4-3-5-7-10/h3-7,9H,8H2,1-2H3. The monoisotopic (exact) mass is 206 g/mol. The zero-order chi connectivity index (χ0) is 11.3. The molecule has 0 aliphatic carbocycles. The van der Waals surface area contributed by atoms with Crippen molar-refractivity contribution in [2.45, 2.75) is 20.3 Å². The molecule has 0 amide bonds. The van der Waals surface area contributed by atoms with Crippen LogP contribution >= 0.6 is 0 Å². The molecule has 3 heteroatoms. The summed E-state index contributed by atoms with van der Waals surface area (Å²) in [4.78, 5) is 22.4. The van der Waals surface area contributed by atoms with Gasteiger partial charge in [-0.15, -0.1) is 0 Å². The molecule has 80 valence electrons. The first-order valence-electron chi connectivity index (χ1n) is 4.88. The number of ether oxygens (including phenoxy) is 1.